The first-order valence-electron chi connectivity index (χ1n) is 6.79. The van der Waals surface area contributed by atoms with Crippen LogP contribution in [0, 0.1) is 12.7 Å². The van der Waals surface area contributed by atoms with Gasteiger partial charge in [0.2, 0.25) is 0 Å². The van der Waals surface area contributed by atoms with E-state index in [1.54, 1.807) is 6.92 Å². The van der Waals surface area contributed by atoms with Gasteiger partial charge in [-0.25, -0.2) is 4.39 Å². The van der Waals surface area contributed by atoms with E-state index in [2.05, 4.69) is 5.32 Å². The summed E-state index contributed by atoms with van der Waals surface area (Å²) in [6, 6.07) is 2.03. The van der Waals surface area contributed by atoms with Gasteiger partial charge in [-0.1, -0.05) is 6.07 Å². The van der Waals surface area contributed by atoms with Crippen LogP contribution in [-0.2, 0) is 28.9 Å². The highest BCUT2D eigenvalue weighted by atomic mass is 19.1. The van der Waals surface area contributed by atoms with Crippen LogP contribution in [0.4, 0.5) is 4.39 Å². The van der Waals surface area contributed by atoms with Gasteiger partial charge in [0.05, 0.1) is 6.61 Å². The molecular weight excluding hydrogens is 245 g/mol. The molecule has 1 aromatic rings. The van der Waals surface area contributed by atoms with Crippen LogP contribution in [0.5, 0.6) is 0 Å². The van der Waals surface area contributed by atoms with Gasteiger partial charge < -0.3 is 10.1 Å². The smallest absolute Gasteiger partial charge is 0.306 e. The molecule has 0 saturated heterocycles. The second kappa shape index (κ2) is 6.15. The number of hydrogen-bond acceptors (Lipinski definition) is 3. The normalized spacial score (nSPS) is 14.1. The van der Waals surface area contributed by atoms with Crippen LogP contribution in [0.25, 0.3) is 0 Å². The Kier molecular flexibility index (Phi) is 4.53. The first-order valence-corrected chi connectivity index (χ1v) is 6.79. The van der Waals surface area contributed by atoms with Gasteiger partial charge in [0.1, 0.15) is 5.82 Å². The summed E-state index contributed by atoms with van der Waals surface area (Å²) in [5.74, 6) is -0.388. The van der Waals surface area contributed by atoms with Crippen molar-refractivity contribution >= 4 is 5.97 Å². The number of fused-ring (bicyclic) bond motifs is 1. The Morgan fingerprint density at radius 3 is 3.05 bits per heavy atom. The number of ether oxygens (including phenoxy) is 1. The van der Waals surface area contributed by atoms with Gasteiger partial charge in [0, 0.05) is 13.0 Å². The molecule has 104 valence electrons. The second-order valence-electron chi connectivity index (χ2n) is 4.86. The van der Waals surface area contributed by atoms with Gasteiger partial charge in [-0.2, -0.15) is 0 Å². The van der Waals surface area contributed by atoms with Crippen molar-refractivity contribution in [2.45, 2.75) is 39.7 Å². The number of esters is 1. The summed E-state index contributed by atoms with van der Waals surface area (Å²) in [7, 11) is 0. The van der Waals surface area contributed by atoms with Crippen molar-refractivity contribution in [1.29, 1.82) is 0 Å². The van der Waals surface area contributed by atoms with Crippen molar-refractivity contribution in [3.63, 3.8) is 0 Å². The number of nitrogens with one attached hydrogen (secondary N) is 1. The predicted molar refractivity (Wildman–Crippen MR) is 71.5 cm³/mol. The zero-order valence-electron chi connectivity index (χ0n) is 11.5. The van der Waals surface area contributed by atoms with E-state index in [-0.39, 0.29) is 18.2 Å². The monoisotopic (exact) mass is 265 g/mol. The van der Waals surface area contributed by atoms with Crippen molar-refractivity contribution in [3.8, 4) is 0 Å². The van der Waals surface area contributed by atoms with Gasteiger partial charge in [-0.15, -0.1) is 0 Å². The average molecular weight is 265 g/mol. The summed E-state index contributed by atoms with van der Waals surface area (Å²) in [5.41, 5.74) is 3.43. The van der Waals surface area contributed by atoms with Gasteiger partial charge in [-0.3, -0.25) is 4.79 Å². The highest BCUT2D eigenvalue weighted by molar-refractivity contribution is 5.69. The minimum absolute atomic E-state index is 0.124. The largest absolute Gasteiger partial charge is 0.466 e. The Bertz CT molecular complexity index is 486. The molecule has 1 aliphatic rings. The van der Waals surface area contributed by atoms with Crippen LogP contribution < -0.4 is 5.32 Å². The summed E-state index contributed by atoms with van der Waals surface area (Å²) >= 11 is 0. The molecule has 0 bridgehead atoms. The number of carbonyl (C=O) groups excluding carboxylic acids is 1. The molecule has 0 unspecified atom stereocenters. The zero-order chi connectivity index (χ0) is 13.8. The van der Waals surface area contributed by atoms with Crippen molar-refractivity contribution in [3.05, 3.63) is 34.1 Å². The lowest BCUT2D eigenvalue weighted by Crippen LogP contribution is -2.25. The molecule has 1 heterocycles. The molecule has 0 amide bonds. The molecule has 0 aromatic heterocycles. The Morgan fingerprint density at radius 1 is 1.53 bits per heavy atom. The summed E-state index contributed by atoms with van der Waals surface area (Å²) < 4.78 is 19.4. The van der Waals surface area contributed by atoms with Crippen LogP contribution >= 0.6 is 0 Å². The lowest BCUT2D eigenvalue weighted by Gasteiger charge is -2.21. The van der Waals surface area contributed by atoms with Gasteiger partial charge in [-0.05, 0) is 55.5 Å². The van der Waals surface area contributed by atoms with Crippen LogP contribution in [0.15, 0.2) is 6.07 Å². The molecule has 0 radical (unpaired) electrons. The molecule has 1 aromatic carbocycles. The second-order valence-corrected chi connectivity index (χ2v) is 4.86. The van der Waals surface area contributed by atoms with E-state index in [0.717, 1.165) is 29.8 Å². The van der Waals surface area contributed by atoms with Crippen LogP contribution in [0.3, 0.4) is 0 Å². The third kappa shape index (κ3) is 3.13. The van der Waals surface area contributed by atoms with Gasteiger partial charge in [0.25, 0.3) is 0 Å². The third-order valence-corrected chi connectivity index (χ3v) is 3.54. The van der Waals surface area contributed by atoms with Crippen molar-refractivity contribution in [1.82, 2.24) is 5.32 Å². The molecule has 4 heteroatoms. The first kappa shape index (κ1) is 14.0. The van der Waals surface area contributed by atoms with E-state index >= 15 is 0 Å². The van der Waals surface area contributed by atoms with E-state index in [1.807, 2.05) is 13.0 Å². The maximum absolute atomic E-state index is 14.5. The molecule has 1 aliphatic heterocycles. The summed E-state index contributed by atoms with van der Waals surface area (Å²) in [4.78, 5) is 11.4. The fraction of sp³-hybridized carbons (Fsp3) is 0.533. The molecule has 3 nitrogen and oxygen atoms in total. The zero-order valence-corrected chi connectivity index (χ0v) is 11.5. The number of benzene rings is 1. The molecule has 19 heavy (non-hydrogen) atoms. The van der Waals surface area contributed by atoms with E-state index < -0.39 is 0 Å². The maximum Gasteiger partial charge on any atom is 0.306 e. The van der Waals surface area contributed by atoms with Crippen LogP contribution in [0.1, 0.15) is 35.6 Å². The molecule has 0 saturated carbocycles. The van der Waals surface area contributed by atoms with Crippen LogP contribution in [-0.4, -0.2) is 19.1 Å². The lowest BCUT2D eigenvalue weighted by atomic mass is 9.92. The summed E-state index contributed by atoms with van der Waals surface area (Å²) in [6.07, 6.45) is 1.37. The van der Waals surface area contributed by atoms with Crippen LogP contribution in [0.2, 0.25) is 0 Å². The number of carbonyl (C=O) groups is 1. The van der Waals surface area contributed by atoms with E-state index in [4.69, 9.17) is 4.74 Å². The summed E-state index contributed by atoms with van der Waals surface area (Å²) in [5, 5.41) is 3.24. The van der Waals surface area contributed by atoms with Gasteiger partial charge >= 0.3 is 5.97 Å². The summed E-state index contributed by atoms with van der Waals surface area (Å²) in [6.45, 7) is 5.58. The number of hydrogen-bond donors (Lipinski definition) is 1. The lowest BCUT2D eigenvalue weighted by molar-refractivity contribution is -0.143. The Balaban J connectivity index is 2.18. The Hall–Kier alpha value is -1.42. The molecule has 0 spiro atoms. The SMILES string of the molecule is CCOC(=O)CCc1c(C)cc2c(c1F)CCNC2. The first-order chi connectivity index (χ1) is 9.13. The highest BCUT2D eigenvalue weighted by Gasteiger charge is 2.19. The predicted octanol–water partition coefficient (Wildman–Crippen LogP) is 2.28. The van der Waals surface area contributed by atoms with E-state index in [1.165, 1.54) is 0 Å². The van der Waals surface area contributed by atoms with Crippen molar-refractivity contribution in [2.75, 3.05) is 13.2 Å². The van der Waals surface area contributed by atoms with Crippen molar-refractivity contribution in [2.24, 2.45) is 0 Å². The number of rotatable bonds is 4. The Morgan fingerprint density at radius 2 is 2.32 bits per heavy atom. The third-order valence-electron chi connectivity index (χ3n) is 3.54. The number of aryl methyl sites for hydroxylation is 1. The Labute approximate surface area is 113 Å². The maximum atomic E-state index is 14.5. The molecule has 2 rings (SSSR count). The molecule has 1 N–H and O–H groups in total. The fourth-order valence-electron chi connectivity index (χ4n) is 2.56. The minimum Gasteiger partial charge on any atom is -0.466 e. The minimum atomic E-state index is -0.263. The van der Waals surface area contributed by atoms with Crippen molar-refractivity contribution < 1.29 is 13.9 Å². The molecule has 0 fully saturated rings. The fourth-order valence-corrected chi connectivity index (χ4v) is 2.56. The molecule has 0 aliphatic carbocycles. The van der Waals surface area contributed by atoms with Gasteiger partial charge in [0.15, 0.2) is 0 Å². The van der Waals surface area contributed by atoms with E-state index in [0.29, 0.717) is 25.0 Å². The quantitative estimate of drug-likeness (QED) is 0.849. The standard InChI is InChI=1S/C15H20FNO2/c1-3-19-14(18)5-4-12-10(2)8-11-9-17-7-6-13(11)15(12)16/h8,17H,3-7,9H2,1-2H3. The topological polar surface area (TPSA) is 38.3 Å². The average Bonchev–Trinajstić information content (AvgIpc) is 2.39. The van der Waals surface area contributed by atoms with E-state index in [9.17, 15) is 9.18 Å². The number of halogens is 1. The highest BCUT2D eigenvalue weighted by Crippen LogP contribution is 2.25. The molecule has 0 atom stereocenters. The molecular formula is C15H20FNO2.